The van der Waals surface area contributed by atoms with Gasteiger partial charge in [-0.25, -0.2) is 4.98 Å². The molecule has 20 heavy (non-hydrogen) atoms. The first-order valence-corrected chi connectivity index (χ1v) is 7.66. The van der Waals surface area contributed by atoms with Crippen molar-refractivity contribution in [3.05, 3.63) is 58.2 Å². The molecule has 4 heteroatoms. The summed E-state index contributed by atoms with van der Waals surface area (Å²) < 4.78 is 0. The second-order valence-electron chi connectivity index (χ2n) is 4.70. The van der Waals surface area contributed by atoms with Gasteiger partial charge >= 0.3 is 0 Å². The van der Waals surface area contributed by atoms with Crippen molar-refractivity contribution in [2.75, 3.05) is 6.54 Å². The Labute approximate surface area is 122 Å². The van der Waals surface area contributed by atoms with Crippen LogP contribution in [0.4, 0.5) is 0 Å². The first-order chi connectivity index (χ1) is 9.79. The highest BCUT2D eigenvalue weighted by Crippen LogP contribution is 2.28. The number of rotatable bonds is 4. The van der Waals surface area contributed by atoms with Crippen LogP contribution in [0.15, 0.2) is 41.9 Å². The minimum absolute atomic E-state index is 0.123. The zero-order valence-corrected chi connectivity index (χ0v) is 12.4. The van der Waals surface area contributed by atoms with Crippen LogP contribution in [-0.4, -0.2) is 16.5 Å². The summed E-state index contributed by atoms with van der Waals surface area (Å²) in [6, 6.07) is 10.5. The Morgan fingerprint density at radius 3 is 2.90 bits per heavy atom. The Morgan fingerprint density at radius 1 is 1.25 bits per heavy atom. The maximum atomic E-state index is 4.65. The number of benzene rings is 1. The number of aromatic nitrogens is 2. The molecule has 0 bridgehead atoms. The largest absolute Gasteiger partial charge is 0.305 e. The average molecular weight is 283 g/mol. The number of pyridine rings is 1. The van der Waals surface area contributed by atoms with Crippen LogP contribution in [0.3, 0.4) is 0 Å². The van der Waals surface area contributed by atoms with Gasteiger partial charge in [0.2, 0.25) is 0 Å². The van der Waals surface area contributed by atoms with Gasteiger partial charge in [0.25, 0.3) is 0 Å². The number of fused-ring (bicyclic) bond motifs is 1. The van der Waals surface area contributed by atoms with Crippen molar-refractivity contribution >= 4 is 22.2 Å². The molecule has 1 aromatic carbocycles. The standard InChI is InChI=1S/C16H17N3S/c1-3-17-16(15-10-20-11(2)19-15)13-6-4-8-14-12(13)7-5-9-18-14/h4-10,16-17H,3H2,1-2H3. The molecule has 3 nitrogen and oxygen atoms in total. The van der Waals surface area contributed by atoms with Crippen LogP contribution in [0.2, 0.25) is 0 Å². The molecule has 0 saturated carbocycles. The van der Waals surface area contributed by atoms with Crippen LogP contribution in [0.25, 0.3) is 10.9 Å². The zero-order valence-electron chi connectivity index (χ0n) is 11.6. The quantitative estimate of drug-likeness (QED) is 0.793. The van der Waals surface area contributed by atoms with Gasteiger partial charge in [-0.15, -0.1) is 11.3 Å². The predicted molar refractivity (Wildman–Crippen MR) is 84.1 cm³/mol. The lowest BCUT2D eigenvalue weighted by Gasteiger charge is -2.18. The molecule has 3 aromatic rings. The van der Waals surface area contributed by atoms with E-state index in [0.717, 1.165) is 22.8 Å². The maximum absolute atomic E-state index is 4.65. The Bertz CT molecular complexity index is 715. The Kier molecular flexibility index (Phi) is 3.76. The van der Waals surface area contributed by atoms with E-state index in [1.54, 1.807) is 11.3 Å². The van der Waals surface area contributed by atoms with Gasteiger partial charge in [0, 0.05) is 17.0 Å². The summed E-state index contributed by atoms with van der Waals surface area (Å²) in [5.41, 5.74) is 3.35. The number of nitrogens with zero attached hydrogens (tertiary/aromatic N) is 2. The monoisotopic (exact) mass is 283 g/mol. The van der Waals surface area contributed by atoms with Gasteiger partial charge in [0.05, 0.1) is 22.3 Å². The molecule has 0 aliphatic rings. The highest BCUT2D eigenvalue weighted by Gasteiger charge is 2.18. The van der Waals surface area contributed by atoms with Gasteiger partial charge < -0.3 is 5.32 Å². The van der Waals surface area contributed by atoms with Crippen LogP contribution in [0.5, 0.6) is 0 Å². The summed E-state index contributed by atoms with van der Waals surface area (Å²) >= 11 is 1.69. The molecule has 3 rings (SSSR count). The summed E-state index contributed by atoms with van der Waals surface area (Å²) in [4.78, 5) is 9.09. The smallest absolute Gasteiger partial charge is 0.0898 e. The average Bonchev–Trinajstić information content (AvgIpc) is 2.91. The number of hydrogen-bond acceptors (Lipinski definition) is 4. The number of nitrogens with one attached hydrogen (secondary N) is 1. The Morgan fingerprint density at radius 2 is 2.15 bits per heavy atom. The molecular formula is C16H17N3S. The Hall–Kier alpha value is -1.78. The highest BCUT2D eigenvalue weighted by molar-refractivity contribution is 7.09. The van der Waals surface area contributed by atoms with E-state index in [2.05, 4.69) is 45.8 Å². The minimum Gasteiger partial charge on any atom is -0.305 e. The molecular weight excluding hydrogens is 266 g/mol. The van der Waals surface area contributed by atoms with E-state index < -0.39 is 0 Å². The molecule has 0 saturated heterocycles. The lowest BCUT2D eigenvalue weighted by Crippen LogP contribution is -2.22. The van der Waals surface area contributed by atoms with Crippen molar-refractivity contribution in [1.82, 2.24) is 15.3 Å². The fourth-order valence-electron chi connectivity index (χ4n) is 2.47. The van der Waals surface area contributed by atoms with Crippen molar-refractivity contribution in [3.63, 3.8) is 0 Å². The summed E-state index contributed by atoms with van der Waals surface area (Å²) in [7, 11) is 0. The topological polar surface area (TPSA) is 37.8 Å². The van der Waals surface area contributed by atoms with E-state index in [4.69, 9.17) is 0 Å². The second kappa shape index (κ2) is 5.69. The second-order valence-corrected chi connectivity index (χ2v) is 5.76. The predicted octanol–water partition coefficient (Wildman–Crippen LogP) is 3.70. The van der Waals surface area contributed by atoms with Crippen LogP contribution < -0.4 is 5.32 Å². The van der Waals surface area contributed by atoms with E-state index in [-0.39, 0.29) is 6.04 Å². The Balaban J connectivity index is 2.14. The maximum Gasteiger partial charge on any atom is 0.0898 e. The van der Waals surface area contributed by atoms with Crippen LogP contribution >= 0.6 is 11.3 Å². The summed E-state index contributed by atoms with van der Waals surface area (Å²) in [6.07, 6.45) is 1.83. The third-order valence-corrected chi connectivity index (χ3v) is 4.12. The van der Waals surface area contributed by atoms with E-state index in [1.807, 2.05) is 25.3 Å². The number of aryl methyl sites for hydroxylation is 1. The van der Waals surface area contributed by atoms with Crippen LogP contribution in [0, 0.1) is 6.92 Å². The van der Waals surface area contributed by atoms with Gasteiger partial charge in [0.1, 0.15) is 0 Å². The minimum atomic E-state index is 0.123. The fourth-order valence-corrected chi connectivity index (χ4v) is 3.11. The van der Waals surface area contributed by atoms with Crippen molar-refractivity contribution in [3.8, 4) is 0 Å². The molecule has 0 fully saturated rings. The van der Waals surface area contributed by atoms with Crippen molar-refractivity contribution in [1.29, 1.82) is 0 Å². The summed E-state index contributed by atoms with van der Waals surface area (Å²) in [5, 5.41) is 7.96. The van der Waals surface area contributed by atoms with E-state index >= 15 is 0 Å². The van der Waals surface area contributed by atoms with Gasteiger partial charge in [-0.1, -0.05) is 25.1 Å². The molecule has 0 radical (unpaired) electrons. The third kappa shape index (κ3) is 2.44. The number of thiazole rings is 1. The highest BCUT2D eigenvalue weighted by atomic mass is 32.1. The first-order valence-electron chi connectivity index (χ1n) is 6.78. The van der Waals surface area contributed by atoms with Crippen LogP contribution in [0.1, 0.15) is 29.2 Å². The van der Waals surface area contributed by atoms with E-state index in [1.165, 1.54) is 10.9 Å². The zero-order chi connectivity index (χ0) is 13.9. The van der Waals surface area contributed by atoms with Crippen LogP contribution in [-0.2, 0) is 0 Å². The molecule has 0 aliphatic heterocycles. The first kappa shape index (κ1) is 13.2. The SMILES string of the molecule is CCNC(c1csc(C)n1)c1cccc2ncccc12. The normalized spacial score (nSPS) is 12.7. The van der Waals surface area contributed by atoms with Gasteiger partial charge in [-0.05, 0) is 31.2 Å². The number of hydrogen-bond donors (Lipinski definition) is 1. The molecule has 102 valence electrons. The summed E-state index contributed by atoms with van der Waals surface area (Å²) in [6.45, 7) is 5.06. The molecule has 1 unspecified atom stereocenters. The molecule has 2 heterocycles. The van der Waals surface area contributed by atoms with Gasteiger partial charge in [0.15, 0.2) is 0 Å². The molecule has 0 amide bonds. The van der Waals surface area contributed by atoms with Crippen molar-refractivity contribution in [2.24, 2.45) is 0 Å². The van der Waals surface area contributed by atoms with Crippen molar-refractivity contribution < 1.29 is 0 Å². The van der Waals surface area contributed by atoms with Crippen molar-refractivity contribution in [2.45, 2.75) is 19.9 Å². The lowest BCUT2D eigenvalue weighted by molar-refractivity contribution is 0.621. The molecule has 0 spiro atoms. The summed E-state index contributed by atoms with van der Waals surface area (Å²) in [5.74, 6) is 0. The van der Waals surface area contributed by atoms with Gasteiger partial charge in [-0.2, -0.15) is 0 Å². The lowest BCUT2D eigenvalue weighted by atomic mass is 9.99. The third-order valence-electron chi connectivity index (χ3n) is 3.33. The fraction of sp³-hybridized carbons (Fsp3) is 0.250. The molecule has 0 aliphatic carbocycles. The molecule has 2 aromatic heterocycles. The van der Waals surface area contributed by atoms with E-state index in [0.29, 0.717) is 0 Å². The van der Waals surface area contributed by atoms with Gasteiger partial charge in [-0.3, -0.25) is 4.98 Å². The molecule has 1 N–H and O–H groups in total. The van der Waals surface area contributed by atoms with E-state index in [9.17, 15) is 0 Å². The molecule has 1 atom stereocenters.